The zero-order valence-corrected chi connectivity index (χ0v) is 31.4. The van der Waals surface area contributed by atoms with E-state index in [2.05, 4.69) is 9.44 Å². The first kappa shape index (κ1) is 37.8. The molecule has 6 aromatic carbocycles. The maximum Gasteiger partial charge on any atom is 0.241 e. The molecular weight excluding hydrogens is 703 g/mol. The zero-order valence-electron chi connectivity index (χ0n) is 29.7. The molecule has 0 aliphatic rings. The first-order chi connectivity index (χ1) is 25.3. The third kappa shape index (κ3) is 7.61. The molecule has 0 amide bonds. The van der Waals surface area contributed by atoms with E-state index in [9.17, 15) is 21.9 Å². The van der Waals surface area contributed by atoms with Crippen LogP contribution < -0.4 is 15.2 Å². The van der Waals surface area contributed by atoms with Crippen LogP contribution >= 0.6 is 0 Å². The molecule has 0 fully saturated rings. The highest BCUT2D eigenvalue weighted by molar-refractivity contribution is 7.90. The molecule has 272 valence electrons. The normalized spacial score (nSPS) is 15.5. The highest BCUT2D eigenvalue weighted by atomic mass is 32.2. The minimum absolute atomic E-state index is 0.0101. The fourth-order valence-electron chi connectivity index (χ4n) is 6.74. The molecule has 53 heavy (non-hydrogen) atoms. The number of nitrogens with one attached hydrogen (secondary N) is 2. The van der Waals surface area contributed by atoms with E-state index in [1.54, 1.807) is 128 Å². The molecule has 4 unspecified atom stereocenters. The molecule has 0 bridgehead atoms. The van der Waals surface area contributed by atoms with Gasteiger partial charge in [-0.2, -0.15) is 4.72 Å². The standard InChI is InChI=1S/C43H43N3O5S2/c1-31-22-26-39(27-23-31)52(48,49)45-41(34-14-7-4-8-15-34)42(35-16-9-5-10-17-35,46-53(50,51)40-28-24-32(2)25-29-40)37-20-13-21-38(30-37)43(47,33(3)44)36-18-11-6-12-19-36/h4-30,33,41,45-47H,44H2,1-3H3. The summed E-state index contributed by atoms with van der Waals surface area (Å²) in [6, 6.07) is 44.4. The second-order valence-electron chi connectivity index (χ2n) is 13.4. The van der Waals surface area contributed by atoms with E-state index < -0.39 is 43.3 Å². The number of aliphatic hydroxyl groups is 1. The van der Waals surface area contributed by atoms with Crippen LogP contribution in [0.5, 0.6) is 0 Å². The van der Waals surface area contributed by atoms with Gasteiger partial charge in [0.1, 0.15) is 11.1 Å². The monoisotopic (exact) mass is 745 g/mol. The third-order valence-electron chi connectivity index (χ3n) is 9.66. The van der Waals surface area contributed by atoms with E-state index in [1.165, 1.54) is 24.3 Å². The lowest BCUT2D eigenvalue weighted by atomic mass is 9.73. The van der Waals surface area contributed by atoms with Crippen molar-refractivity contribution in [2.24, 2.45) is 5.73 Å². The topological polar surface area (TPSA) is 139 Å². The lowest BCUT2D eigenvalue weighted by Crippen LogP contribution is -2.56. The molecule has 10 heteroatoms. The number of rotatable bonds is 13. The fraction of sp³-hybridized carbons (Fsp3) is 0.163. The molecule has 0 aliphatic heterocycles. The summed E-state index contributed by atoms with van der Waals surface area (Å²) in [6.45, 7) is 5.43. The van der Waals surface area contributed by atoms with Gasteiger partial charge in [-0.05, 0) is 72.9 Å². The van der Waals surface area contributed by atoms with Crippen molar-refractivity contribution < 1.29 is 21.9 Å². The second-order valence-corrected chi connectivity index (χ2v) is 16.8. The quantitative estimate of drug-likeness (QED) is 0.102. The van der Waals surface area contributed by atoms with E-state index in [0.29, 0.717) is 27.8 Å². The molecule has 0 spiro atoms. The summed E-state index contributed by atoms with van der Waals surface area (Å²) in [6.07, 6.45) is 0. The van der Waals surface area contributed by atoms with Crippen molar-refractivity contribution >= 4 is 20.0 Å². The third-order valence-corrected chi connectivity index (χ3v) is 12.6. The number of aryl methyl sites for hydroxylation is 2. The van der Waals surface area contributed by atoms with Crippen molar-refractivity contribution in [1.82, 2.24) is 9.44 Å². The first-order valence-corrected chi connectivity index (χ1v) is 20.2. The van der Waals surface area contributed by atoms with E-state index in [0.717, 1.165) is 11.1 Å². The summed E-state index contributed by atoms with van der Waals surface area (Å²) in [7, 11) is -8.70. The highest BCUT2D eigenvalue weighted by Gasteiger charge is 2.49. The molecule has 0 radical (unpaired) electrons. The van der Waals surface area contributed by atoms with Crippen LogP contribution in [0.25, 0.3) is 0 Å². The van der Waals surface area contributed by atoms with Gasteiger partial charge in [-0.15, -0.1) is 0 Å². The molecule has 5 N–H and O–H groups in total. The van der Waals surface area contributed by atoms with Crippen LogP contribution in [0.2, 0.25) is 0 Å². The Kier molecular flexibility index (Phi) is 10.8. The van der Waals surface area contributed by atoms with Crippen molar-refractivity contribution in [2.45, 2.75) is 53.8 Å². The van der Waals surface area contributed by atoms with Crippen LogP contribution in [0.4, 0.5) is 0 Å². The van der Waals surface area contributed by atoms with Gasteiger partial charge < -0.3 is 10.8 Å². The maximum absolute atomic E-state index is 14.8. The van der Waals surface area contributed by atoms with Gasteiger partial charge in [-0.3, -0.25) is 0 Å². The Balaban J connectivity index is 1.71. The SMILES string of the molecule is Cc1ccc(S(=O)(=O)NC(c2ccccc2)C(NS(=O)(=O)c2ccc(C)cc2)(c2ccccc2)c2cccc(C(O)(c3ccccc3)C(C)N)c2)cc1. The Morgan fingerprint density at radius 3 is 1.49 bits per heavy atom. The Bertz CT molecular complexity index is 2370. The zero-order chi connectivity index (χ0) is 37.9. The van der Waals surface area contributed by atoms with Crippen LogP contribution in [0.3, 0.4) is 0 Å². The number of hydrogen-bond donors (Lipinski definition) is 4. The van der Waals surface area contributed by atoms with E-state index in [4.69, 9.17) is 5.73 Å². The molecule has 8 nitrogen and oxygen atoms in total. The van der Waals surface area contributed by atoms with Gasteiger partial charge in [0, 0.05) is 6.04 Å². The van der Waals surface area contributed by atoms with Gasteiger partial charge in [0.2, 0.25) is 20.0 Å². The van der Waals surface area contributed by atoms with Gasteiger partial charge in [0.25, 0.3) is 0 Å². The van der Waals surface area contributed by atoms with Crippen molar-refractivity contribution in [3.8, 4) is 0 Å². The van der Waals surface area contributed by atoms with E-state index in [-0.39, 0.29) is 9.79 Å². The molecule has 4 atom stereocenters. The minimum atomic E-state index is -4.40. The summed E-state index contributed by atoms with van der Waals surface area (Å²) >= 11 is 0. The number of benzene rings is 6. The molecule has 0 aromatic heterocycles. The van der Waals surface area contributed by atoms with Gasteiger partial charge in [-0.25, -0.2) is 21.6 Å². The van der Waals surface area contributed by atoms with Crippen LogP contribution in [0.15, 0.2) is 174 Å². The Morgan fingerprint density at radius 1 is 0.547 bits per heavy atom. The average molecular weight is 746 g/mol. The first-order valence-electron chi connectivity index (χ1n) is 17.2. The van der Waals surface area contributed by atoms with Crippen molar-refractivity contribution in [2.75, 3.05) is 0 Å². The second kappa shape index (κ2) is 15.2. The van der Waals surface area contributed by atoms with Gasteiger partial charge in [0.15, 0.2) is 0 Å². The Labute approximate surface area is 312 Å². The van der Waals surface area contributed by atoms with E-state index >= 15 is 0 Å². The average Bonchev–Trinajstić information content (AvgIpc) is 3.17. The fourth-order valence-corrected chi connectivity index (χ4v) is 9.39. The lowest BCUT2D eigenvalue weighted by molar-refractivity contribution is 0.0577. The van der Waals surface area contributed by atoms with Crippen LogP contribution in [-0.2, 0) is 31.2 Å². The highest BCUT2D eigenvalue weighted by Crippen LogP contribution is 2.45. The summed E-state index contributed by atoms with van der Waals surface area (Å²) in [4.78, 5) is 0.000629. The van der Waals surface area contributed by atoms with Crippen LogP contribution in [0, 0.1) is 13.8 Å². The summed E-state index contributed by atoms with van der Waals surface area (Å²) in [5.74, 6) is 0. The number of hydrogen-bond acceptors (Lipinski definition) is 6. The van der Waals surface area contributed by atoms with Crippen molar-refractivity contribution in [1.29, 1.82) is 0 Å². The van der Waals surface area contributed by atoms with Gasteiger partial charge in [0.05, 0.1) is 15.8 Å². The van der Waals surface area contributed by atoms with Gasteiger partial charge in [-0.1, -0.05) is 151 Å². The molecular formula is C43H43N3O5S2. The van der Waals surface area contributed by atoms with Crippen LogP contribution in [0.1, 0.15) is 51.9 Å². The van der Waals surface area contributed by atoms with Crippen molar-refractivity contribution in [3.05, 3.63) is 203 Å². The number of nitrogens with two attached hydrogens (primary N) is 1. The minimum Gasteiger partial charge on any atom is -0.379 e. The lowest BCUT2D eigenvalue weighted by Gasteiger charge is -2.43. The van der Waals surface area contributed by atoms with Crippen molar-refractivity contribution in [3.63, 3.8) is 0 Å². The molecule has 6 rings (SSSR count). The number of sulfonamides is 2. The van der Waals surface area contributed by atoms with Gasteiger partial charge >= 0.3 is 0 Å². The predicted molar refractivity (Wildman–Crippen MR) is 209 cm³/mol. The largest absolute Gasteiger partial charge is 0.379 e. The summed E-state index contributed by atoms with van der Waals surface area (Å²) < 4.78 is 64.4. The molecule has 0 heterocycles. The molecule has 0 saturated carbocycles. The van der Waals surface area contributed by atoms with Crippen LogP contribution in [-0.4, -0.2) is 28.0 Å². The Morgan fingerprint density at radius 2 is 0.981 bits per heavy atom. The molecule has 0 saturated heterocycles. The predicted octanol–water partition coefficient (Wildman–Crippen LogP) is 6.83. The summed E-state index contributed by atoms with van der Waals surface area (Å²) in [5, 5.41) is 12.5. The smallest absolute Gasteiger partial charge is 0.241 e. The Hall–Kier alpha value is -4.94. The van der Waals surface area contributed by atoms with E-state index in [1.807, 2.05) is 32.0 Å². The molecule has 0 aliphatic carbocycles. The molecule has 6 aromatic rings. The maximum atomic E-state index is 14.8. The summed E-state index contributed by atoms with van der Waals surface area (Å²) in [5.41, 5.74) is 6.93.